The minimum atomic E-state index is 0.322. The quantitative estimate of drug-likeness (QED) is 0.714. The Morgan fingerprint density at radius 2 is 1.90 bits per heavy atom. The van der Waals surface area contributed by atoms with Crippen molar-refractivity contribution in [1.82, 2.24) is 0 Å². The highest BCUT2D eigenvalue weighted by molar-refractivity contribution is 6.30. The highest BCUT2D eigenvalue weighted by atomic mass is 35.5. The third-order valence-electron chi connectivity index (χ3n) is 3.74. The number of aryl methyl sites for hydroxylation is 1. The number of hydrogen-bond donors (Lipinski definition) is 2. The van der Waals surface area contributed by atoms with Gasteiger partial charge in [0.2, 0.25) is 0 Å². The lowest BCUT2D eigenvalue weighted by molar-refractivity contribution is 0.467. The molecule has 0 fully saturated rings. The topological polar surface area (TPSA) is 45.4 Å². The monoisotopic (exact) mass is 301 g/mol. The molecular formula is C17H16ClNO2. The second-order valence-electron chi connectivity index (χ2n) is 5.11. The van der Waals surface area contributed by atoms with Crippen LogP contribution >= 0.6 is 11.6 Å². The van der Waals surface area contributed by atoms with Crippen molar-refractivity contribution in [1.29, 1.82) is 0 Å². The fourth-order valence-corrected chi connectivity index (χ4v) is 2.70. The van der Waals surface area contributed by atoms with E-state index < -0.39 is 0 Å². The van der Waals surface area contributed by atoms with Crippen LogP contribution in [-0.2, 0) is 6.54 Å². The Labute approximate surface area is 128 Å². The Morgan fingerprint density at radius 3 is 2.71 bits per heavy atom. The van der Waals surface area contributed by atoms with Gasteiger partial charge in [0.05, 0.1) is 0 Å². The van der Waals surface area contributed by atoms with Crippen molar-refractivity contribution < 1.29 is 9.52 Å². The smallest absolute Gasteiger partial charge is 0.199 e. The Morgan fingerprint density at radius 1 is 1.14 bits per heavy atom. The van der Waals surface area contributed by atoms with Crippen LogP contribution in [0.5, 0.6) is 5.75 Å². The first-order chi connectivity index (χ1) is 10.1. The second-order valence-corrected chi connectivity index (χ2v) is 5.45. The summed E-state index contributed by atoms with van der Waals surface area (Å²) < 4.78 is 5.54. The molecule has 0 saturated carbocycles. The Bertz CT molecular complexity index is 808. The minimum Gasteiger partial charge on any atom is -0.507 e. The van der Waals surface area contributed by atoms with Crippen LogP contribution < -0.4 is 5.32 Å². The number of nitrogens with one attached hydrogen (secondary N) is 1. The number of halogens is 1. The molecule has 3 aromatic rings. The van der Waals surface area contributed by atoms with E-state index in [0.29, 0.717) is 17.5 Å². The van der Waals surface area contributed by atoms with E-state index >= 15 is 0 Å². The third-order valence-corrected chi connectivity index (χ3v) is 4.04. The molecule has 1 aromatic heterocycles. The van der Waals surface area contributed by atoms with Crippen molar-refractivity contribution in [3.8, 4) is 5.75 Å². The predicted molar refractivity (Wildman–Crippen MR) is 86.1 cm³/mol. The van der Waals surface area contributed by atoms with Gasteiger partial charge in [0.1, 0.15) is 11.3 Å². The number of phenols is 1. The fraction of sp³-hybridized carbons (Fsp3) is 0.176. The number of furan rings is 1. The maximum Gasteiger partial charge on any atom is 0.199 e. The molecule has 0 aliphatic heterocycles. The van der Waals surface area contributed by atoms with Crippen LogP contribution in [0.2, 0.25) is 5.22 Å². The SMILES string of the molecule is Cc1ccc(NCc2c(Cl)oc3ccccc23)c(C)c1O. The summed E-state index contributed by atoms with van der Waals surface area (Å²) in [5, 5.41) is 14.7. The van der Waals surface area contributed by atoms with Crippen molar-refractivity contribution in [3.63, 3.8) is 0 Å². The van der Waals surface area contributed by atoms with Crippen molar-refractivity contribution in [3.05, 3.63) is 58.3 Å². The van der Waals surface area contributed by atoms with Gasteiger partial charge in [-0.25, -0.2) is 0 Å². The number of fused-ring (bicyclic) bond motifs is 1. The van der Waals surface area contributed by atoms with Crippen LogP contribution in [0.15, 0.2) is 40.8 Å². The molecule has 0 radical (unpaired) electrons. The summed E-state index contributed by atoms with van der Waals surface area (Å²) in [4.78, 5) is 0. The van der Waals surface area contributed by atoms with Crippen molar-refractivity contribution in [2.75, 3.05) is 5.32 Å². The number of anilines is 1. The molecule has 2 N–H and O–H groups in total. The normalized spacial score (nSPS) is 11.0. The average molecular weight is 302 g/mol. The summed E-state index contributed by atoms with van der Waals surface area (Å²) in [6.45, 7) is 4.31. The van der Waals surface area contributed by atoms with Crippen LogP contribution in [0.3, 0.4) is 0 Å². The maximum atomic E-state index is 9.99. The second kappa shape index (κ2) is 5.34. The first-order valence-corrected chi connectivity index (χ1v) is 7.14. The van der Waals surface area contributed by atoms with Gasteiger partial charge < -0.3 is 14.8 Å². The van der Waals surface area contributed by atoms with E-state index in [0.717, 1.165) is 33.3 Å². The highest BCUT2D eigenvalue weighted by Gasteiger charge is 2.13. The zero-order valence-electron chi connectivity index (χ0n) is 11.9. The molecule has 0 saturated heterocycles. The lowest BCUT2D eigenvalue weighted by Crippen LogP contribution is -2.01. The Hall–Kier alpha value is -2.13. The maximum absolute atomic E-state index is 9.99. The molecule has 3 rings (SSSR count). The zero-order valence-corrected chi connectivity index (χ0v) is 12.7. The first kappa shape index (κ1) is 13.8. The van der Waals surface area contributed by atoms with Gasteiger partial charge in [0.25, 0.3) is 0 Å². The lowest BCUT2D eigenvalue weighted by Gasteiger charge is -2.12. The summed E-state index contributed by atoms with van der Waals surface area (Å²) in [6, 6.07) is 11.6. The summed E-state index contributed by atoms with van der Waals surface area (Å²) in [6.07, 6.45) is 0. The van der Waals surface area contributed by atoms with Crippen LogP contribution in [0.1, 0.15) is 16.7 Å². The summed E-state index contributed by atoms with van der Waals surface area (Å²) in [5.74, 6) is 0.322. The molecular weight excluding hydrogens is 286 g/mol. The van der Waals surface area contributed by atoms with Crippen LogP contribution in [0, 0.1) is 13.8 Å². The number of rotatable bonds is 3. The first-order valence-electron chi connectivity index (χ1n) is 6.77. The van der Waals surface area contributed by atoms with Gasteiger partial charge in [0, 0.05) is 28.7 Å². The molecule has 0 spiro atoms. The molecule has 1 heterocycles. The molecule has 3 nitrogen and oxygen atoms in total. The fourth-order valence-electron chi connectivity index (χ4n) is 2.44. The van der Waals surface area contributed by atoms with E-state index in [1.165, 1.54) is 0 Å². The van der Waals surface area contributed by atoms with Gasteiger partial charge in [0.15, 0.2) is 5.22 Å². The summed E-state index contributed by atoms with van der Waals surface area (Å²) in [7, 11) is 0. The summed E-state index contributed by atoms with van der Waals surface area (Å²) >= 11 is 6.17. The van der Waals surface area contributed by atoms with Gasteiger partial charge >= 0.3 is 0 Å². The molecule has 0 bridgehead atoms. The molecule has 0 unspecified atom stereocenters. The van der Waals surface area contributed by atoms with Crippen molar-refractivity contribution >= 4 is 28.3 Å². The predicted octanol–water partition coefficient (Wildman–Crippen LogP) is 5.02. The molecule has 0 amide bonds. The number of benzene rings is 2. The largest absolute Gasteiger partial charge is 0.507 e. The summed E-state index contributed by atoms with van der Waals surface area (Å²) in [5.41, 5.74) is 4.29. The molecule has 0 aliphatic rings. The van der Waals surface area contributed by atoms with E-state index in [4.69, 9.17) is 16.0 Å². The third kappa shape index (κ3) is 2.45. The molecule has 2 aromatic carbocycles. The Kier molecular flexibility index (Phi) is 3.52. The molecule has 0 aliphatic carbocycles. The van der Waals surface area contributed by atoms with E-state index in [1.807, 2.05) is 50.2 Å². The zero-order chi connectivity index (χ0) is 15.0. The number of phenolic OH excluding ortho intramolecular Hbond substituents is 1. The van der Waals surface area contributed by atoms with Gasteiger partial charge in [-0.3, -0.25) is 0 Å². The van der Waals surface area contributed by atoms with Gasteiger partial charge in [-0.2, -0.15) is 0 Å². The van der Waals surface area contributed by atoms with Crippen LogP contribution in [-0.4, -0.2) is 5.11 Å². The lowest BCUT2D eigenvalue weighted by atomic mass is 10.1. The van der Waals surface area contributed by atoms with Gasteiger partial charge in [-0.1, -0.05) is 24.3 Å². The standard InChI is InChI=1S/C17H16ClNO2/c1-10-7-8-14(11(2)16(10)20)19-9-13-12-5-3-4-6-15(12)21-17(13)18/h3-8,19-20H,9H2,1-2H3. The van der Waals surface area contributed by atoms with Crippen LogP contribution in [0.4, 0.5) is 5.69 Å². The minimum absolute atomic E-state index is 0.322. The molecule has 108 valence electrons. The van der Waals surface area contributed by atoms with E-state index in [9.17, 15) is 5.11 Å². The van der Waals surface area contributed by atoms with Crippen molar-refractivity contribution in [2.45, 2.75) is 20.4 Å². The van der Waals surface area contributed by atoms with E-state index in [2.05, 4.69) is 5.32 Å². The molecule has 4 heteroatoms. The van der Waals surface area contributed by atoms with E-state index in [-0.39, 0.29) is 0 Å². The highest BCUT2D eigenvalue weighted by Crippen LogP contribution is 2.32. The number of hydrogen-bond acceptors (Lipinski definition) is 3. The van der Waals surface area contributed by atoms with Crippen molar-refractivity contribution in [2.24, 2.45) is 0 Å². The van der Waals surface area contributed by atoms with Gasteiger partial charge in [-0.05, 0) is 43.1 Å². The van der Waals surface area contributed by atoms with Crippen LogP contribution in [0.25, 0.3) is 11.0 Å². The molecule has 21 heavy (non-hydrogen) atoms. The Balaban J connectivity index is 1.91. The number of para-hydroxylation sites is 1. The van der Waals surface area contributed by atoms with E-state index in [1.54, 1.807) is 0 Å². The van der Waals surface area contributed by atoms with Gasteiger partial charge in [-0.15, -0.1) is 0 Å². The molecule has 0 atom stereocenters. The number of aromatic hydroxyl groups is 1. The average Bonchev–Trinajstić information content (AvgIpc) is 2.80.